The van der Waals surface area contributed by atoms with Crippen LogP contribution in [0.1, 0.15) is 11.3 Å². The second-order valence-electron chi connectivity index (χ2n) is 4.84. The summed E-state index contributed by atoms with van der Waals surface area (Å²) in [4.78, 5) is 0. The first-order valence-corrected chi connectivity index (χ1v) is 6.69. The third-order valence-electron chi connectivity index (χ3n) is 3.32. The normalized spacial score (nSPS) is 10.7. The van der Waals surface area contributed by atoms with E-state index in [1.165, 1.54) is 5.56 Å². The van der Waals surface area contributed by atoms with Crippen molar-refractivity contribution in [2.24, 2.45) is 5.73 Å². The molecular weight excluding hydrogens is 246 g/mol. The van der Waals surface area contributed by atoms with Gasteiger partial charge < -0.3 is 5.73 Å². The molecule has 3 nitrogen and oxygen atoms in total. The summed E-state index contributed by atoms with van der Waals surface area (Å²) in [5.74, 6) is 0. The predicted octanol–water partition coefficient (Wildman–Crippen LogP) is 3.31. The van der Waals surface area contributed by atoms with Crippen molar-refractivity contribution in [3.63, 3.8) is 0 Å². The van der Waals surface area contributed by atoms with E-state index in [-0.39, 0.29) is 0 Å². The molecule has 0 aliphatic heterocycles. The van der Waals surface area contributed by atoms with Gasteiger partial charge in [-0.25, -0.2) is 4.68 Å². The van der Waals surface area contributed by atoms with Crippen LogP contribution in [0.4, 0.5) is 0 Å². The lowest BCUT2D eigenvalue weighted by molar-refractivity contribution is 0.838. The topological polar surface area (TPSA) is 43.8 Å². The summed E-state index contributed by atoms with van der Waals surface area (Å²) >= 11 is 0. The maximum Gasteiger partial charge on any atom is 0.0771 e. The first-order valence-electron chi connectivity index (χ1n) is 6.69. The van der Waals surface area contributed by atoms with Crippen molar-refractivity contribution in [1.82, 2.24) is 9.78 Å². The Balaban J connectivity index is 2.15. The molecule has 3 rings (SSSR count). The van der Waals surface area contributed by atoms with Crippen molar-refractivity contribution in [3.8, 4) is 16.9 Å². The number of benzene rings is 2. The van der Waals surface area contributed by atoms with Crippen molar-refractivity contribution in [1.29, 1.82) is 0 Å². The molecule has 0 saturated carbocycles. The van der Waals surface area contributed by atoms with Gasteiger partial charge >= 0.3 is 0 Å². The van der Waals surface area contributed by atoms with Crippen molar-refractivity contribution in [2.45, 2.75) is 13.5 Å². The van der Waals surface area contributed by atoms with Crippen LogP contribution in [0.3, 0.4) is 0 Å². The Morgan fingerprint density at radius 3 is 2.35 bits per heavy atom. The van der Waals surface area contributed by atoms with E-state index in [0.717, 1.165) is 22.6 Å². The Bertz CT molecular complexity index is 697. The zero-order valence-electron chi connectivity index (χ0n) is 11.5. The Kier molecular flexibility index (Phi) is 3.35. The van der Waals surface area contributed by atoms with Crippen LogP contribution in [0.2, 0.25) is 0 Å². The number of aromatic nitrogens is 2. The zero-order chi connectivity index (χ0) is 13.9. The van der Waals surface area contributed by atoms with Gasteiger partial charge in [-0.2, -0.15) is 5.10 Å². The van der Waals surface area contributed by atoms with Crippen LogP contribution in [0, 0.1) is 6.92 Å². The molecule has 0 unspecified atom stereocenters. The fourth-order valence-corrected chi connectivity index (χ4v) is 2.23. The smallest absolute Gasteiger partial charge is 0.0771 e. The van der Waals surface area contributed by atoms with E-state index in [2.05, 4.69) is 42.4 Å². The number of hydrogen-bond donors (Lipinski definition) is 1. The maximum atomic E-state index is 5.74. The molecule has 0 saturated heterocycles. The molecule has 0 atom stereocenters. The number of rotatable bonds is 3. The second kappa shape index (κ2) is 5.31. The van der Waals surface area contributed by atoms with Crippen LogP contribution in [0.5, 0.6) is 0 Å². The molecule has 0 aliphatic carbocycles. The van der Waals surface area contributed by atoms with Crippen LogP contribution >= 0.6 is 0 Å². The number of hydrogen-bond acceptors (Lipinski definition) is 2. The Labute approximate surface area is 118 Å². The summed E-state index contributed by atoms with van der Waals surface area (Å²) in [7, 11) is 0. The fourth-order valence-electron chi connectivity index (χ4n) is 2.23. The Morgan fingerprint density at radius 2 is 1.70 bits per heavy atom. The molecule has 2 aromatic carbocycles. The SMILES string of the molecule is Cc1ccc(-c2cc(CN)nn2-c2ccccc2)cc1. The van der Waals surface area contributed by atoms with Crippen molar-refractivity contribution in [3.05, 3.63) is 71.9 Å². The average molecular weight is 263 g/mol. The van der Waals surface area contributed by atoms with Gasteiger partial charge in [0.25, 0.3) is 0 Å². The lowest BCUT2D eigenvalue weighted by Crippen LogP contribution is -2.01. The maximum absolute atomic E-state index is 5.74. The highest BCUT2D eigenvalue weighted by Crippen LogP contribution is 2.24. The molecule has 3 aromatic rings. The average Bonchev–Trinajstić information content (AvgIpc) is 2.93. The Morgan fingerprint density at radius 1 is 1.00 bits per heavy atom. The summed E-state index contributed by atoms with van der Waals surface area (Å²) in [6, 6.07) is 20.6. The van der Waals surface area contributed by atoms with E-state index < -0.39 is 0 Å². The first-order chi connectivity index (χ1) is 9.78. The van der Waals surface area contributed by atoms with Gasteiger partial charge in [0.15, 0.2) is 0 Å². The van der Waals surface area contributed by atoms with Crippen molar-refractivity contribution < 1.29 is 0 Å². The summed E-state index contributed by atoms with van der Waals surface area (Å²) in [6.45, 7) is 2.53. The standard InChI is InChI=1S/C17H17N3/c1-13-7-9-14(10-8-13)17-11-15(12-18)19-20(17)16-5-3-2-4-6-16/h2-11H,12,18H2,1H3. The van der Waals surface area contributed by atoms with Gasteiger partial charge in [0.1, 0.15) is 0 Å². The summed E-state index contributed by atoms with van der Waals surface area (Å²) in [6.07, 6.45) is 0. The van der Waals surface area contributed by atoms with Crippen LogP contribution in [-0.4, -0.2) is 9.78 Å². The number of aryl methyl sites for hydroxylation is 1. The molecule has 20 heavy (non-hydrogen) atoms. The quantitative estimate of drug-likeness (QED) is 0.788. The Hall–Kier alpha value is -2.39. The first kappa shape index (κ1) is 12.6. The molecule has 0 radical (unpaired) electrons. The molecule has 100 valence electrons. The van der Waals surface area contributed by atoms with Crippen LogP contribution in [-0.2, 0) is 6.54 Å². The second-order valence-corrected chi connectivity index (χ2v) is 4.84. The van der Waals surface area contributed by atoms with Crippen LogP contribution in [0.25, 0.3) is 16.9 Å². The molecule has 0 bridgehead atoms. The third kappa shape index (κ3) is 2.36. The van der Waals surface area contributed by atoms with Gasteiger partial charge in [-0.15, -0.1) is 0 Å². The minimum absolute atomic E-state index is 0.443. The molecular formula is C17H17N3. The van der Waals surface area contributed by atoms with Crippen molar-refractivity contribution >= 4 is 0 Å². The highest BCUT2D eigenvalue weighted by Gasteiger charge is 2.10. The lowest BCUT2D eigenvalue weighted by atomic mass is 10.1. The molecule has 1 heterocycles. The van der Waals surface area contributed by atoms with Gasteiger partial charge in [0.2, 0.25) is 0 Å². The lowest BCUT2D eigenvalue weighted by Gasteiger charge is -2.07. The minimum Gasteiger partial charge on any atom is -0.325 e. The van der Waals surface area contributed by atoms with E-state index in [0.29, 0.717) is 6.54 Å². The van der Waals surface area contributed by atoms with E-state index in [9.17, 15) is 0 Å². The largest absolute Gasteiger partial charge is 0.325 e. The monoisotopic (exact) mass is 263 g/mol. The molecule has 1 aromatic heterocycles. The van der Waals surface area contributed by atoms with E-state index in [1.807, 2.05) is 35.0 Å². The highest BCUT2D eigenvalue weighted by molar-refractivity contribution is 5.63. The predicted molar refractivity (Wildman–Crippen MR) is 81.6 cm³/mol. The number of nitrogens with two attached hydrogens (primary N) is 1. The molecule has 0 fully saturated rings. The number of nitrogens with zero attached hydrogens (tertiary/aromatic N) is 2. The third-order valence-corrected chi connectivity index (χ3v) is 3.32. The van der Waals surface area contributed by atoms with Gasteiger partial charge in [-0.05, 0) is 25.1 Å². The minimum atomic E-state index is 0.443. The number of para-hydroxylation sites is 1. The molecule has 0 spiro atoms. The highest BCUT2D eigenvalue weighted by atomic mass is 15.3. The van der Waals surface area contributed by atoms with Gasteiger partial charge in [0, 0.05) is 12.1 Å². The fraction of sp³-hybridized carbons (Fsp3) is 0.118. The van der Waals surface area contributed by atoms with Crippen molar-refractivity contribution in [2.75, 3.05) is 0 Å². The van der Waals surface area contributed by atoms with Crippen LogP contribution in [0.15, 0.2) is 60.7 Å². The summed E-state index contributed by atoms with van der Waals surface area (Å²) < 4.78 is 1.95. The molecule has 0 aliphatic rings. The van der Waals surface area contributed by atoms with Crippen LogP contribution < -0.4 is 5.73 Å². The van der Waals surface area contributed by atoms with Gasteiger partial charge in [-0.1, -0.05) is 48.0 Å². The van der Waals surface area contributed by atoms with E-state index in [1.54, 1.807) is 0 Å². The molecule has 2 N–H and O–H groups in total. The van der Waals surface area contributed by atoms with E-state index >= 15 is 0 Å². The van der Waals surface area contributed by atoms with Gasteiger partial charge in [-0.3, -0.25) is 0 Å². The molecule has 3 heteroatoms. The summed E-state index contributed by atoms with van der Waals surface area (Å²) in [5, 5.41) is 4.59. The van der Waals surface area contributed by atoms with E-state index in [4.69, 9.17) is 5.73 Å². The summed E-state index contributed by atoms with van der Waals surface area (Å²) in [5.41, 5.74) is 11.1. The van der Waals surface area contributed by atoms with Gasteiger partial charge in [0.05, 0.1) is 17.1 Å². The molecule has 0 amide bonds. The zero-order valence-corrected chi connectivity index (χ0v) is 11.5.